The van der Waals surface area contributed by atoms with E-state index < -0.39 is 5.91 Å². The van der Waals surface area contributed by atoms with Crippen molar-refractivity contribution in [2.24, 2.45) is 5.73 Å². The number of hydrogen-bond acceptors (Lipinski definition) is 2. The van der Waals surface area contributed by atoms with Crippen LogP contribution in [0.5, 0.6) is 0 Å². The van der Waals surface area contributed by atoms with Crippen molar-refractivity contribution >= 4 is 5.91 Å². The van der Waals surface area contributed by atoms with Gasteiger partial charge in [0.2, 0.25) is 5.91 Å². The van der Waals surface area contributed by atoms with Crippen molar-refractivity contribution in [2.75, 3.05) is 13.1 Å². The Labute approximate surface area is 85.6 Å². The molecule has 0 aromatic carbocycles. The van der Waals surface area contributed by atoms with Gasteiger partial charge < -0.3 is 10.6 Å². The van der Waals surface area contributed by atoms with Crippen LogP contribution in [0.2, 0.25) is 0 Å². The second-order valence-electron chi connectivity index (χ2n) is 2.83. The molecule has 0 radical (unpaired) electrons. The predicted molar refractivity (Wildman–Crippen MR) is 59.5 cm³/mol. The van der Waals surface area contributed by atoms with Gasteiger partial charge in [0.05, 0.1) is 0 Å². The predicted octanol–water partition coefficient (Wildman–Crippen LogP) is 1.44. The van der Waals surface area contributed by atoms with Gasteiger partial charge >= 0.3 is 0 Å². The van der Waals surface area contributed by atoms with Crippen LogP contribution in [-0.2, 0) is 4.79 Å². The average molecular weight is 194 g/mol. The number of hydrogen-bond donors (Lipinski definition) is 1. The lowest BCUT2D eigenvalue weighted by molar-refractivity contribution is -0.114. The van der Waals surface area contributed by atoms with Crippen LogP contribution in [0.25, 0.3) is 0 Å². The van der Waals surface area contributed by atoms with Crippen LogP contribution >= 0.6 is 0 Å². The van der Waals surface area contributed by atoms with Gasteiger partial charge in [0, 0.05) is 24.4 Å². The molecule has 0 spiro atoms. The summed E-state index contributed by atoms with van der Waals surface area (Å²) in [6.07, 6.45) is 3.10. The molecule has 0 fully saturated rings. The van der Waals surface area contributed by atoms with Crippen molar-refractivity contribution in [1.29, 1.82) is 0 Å². The Balaban J connectivity index is 4.69. The van der Waals surface area contributed by atoms with Crippen molar-refractivity contribution < 1.29 is 4.79 Å². The summed E-state index contributed by atoms with van der Waals surface area (Å²) in [5.41, 5.74) is 6.31. The van der Waals surface area contributed by atoms with Gasteiger partial charge in [-0.3, -0.25) is 4.79 Å². The lowest BCUT2D eigenvalue weighted by Crippen LogP contribution is -2.21. The molecule has 3 heteroatoms. The summed E-state index contributed by atoms with van der Waals surface area (Å²) >= 11 is 0. The van der Waals surface area contributed by atoms with Crippen LogP contribution in [0.4, 0.5) is 0 Å². The number of rotatable bonds is 6. The van der Waals surface area contributed by atoms with E-state index in [0.717, 1.165) is 18.8 Å². The van der Waals surface area contributed by atoms with E-state index >= 15 is 0 Å². The normalized spacial score (nSPS) is 10.9. The number of carbonyl (C=O) groups excluding carboxylic acids is 1. The molecule has 0 rings (SSSR count). The third kappa shape index (κ3) is 3.47. The molecule has 0 bridgehead atoms. The summed E-state index contributed by atoms with van der Waals surface area (Å²) < 4.78 is 0. The SMILES string of the molecule is C=C/C(=C\C(=C)N(CC)CC)C(N)=O. The minimum Gasteiger partial charge on any atom is -0.373 e. The Morgan fingerprint density at radius 3 is 2.21 bits per heavy atom. The second kappa shape index (κ2) is 6.02. The zero-order valence-corrected chi connectivity index (χ0v) is 8.92. The quantitative estimate of drug-likeness (QED) is 0.513. The first kappa shape index (κ1) is 12.5. The number of allylic oxidation sites excluding steroid dienone is 1. The zero-order valence-electron chi connectivity index (χ0n) is 8.92. The summed E-state index contributed by atoms with van der Waals surface area (Å²) in [6, 6.07) is 0. The van der Waals surface area contributed by atoms with Crippen LogP contribution in [-0.4, -0.2) is 23.9 Å². The van der Waals surface area contributed by atoms with E-state index in [-0.39, 0.29) is 0 Å². The minimum atomic E-state index is -0.478. The van der Waals surface area contributed by atoms with Crippen molar-refractivity contribution in [3.8, 4) is 0 Å². The number of primary amides is 1. The molecular formula is C11H18N2O. The van der Waals surface area contributed by atoms with Gasteiger partial charge in [0.15, 0.2) is 0 Å². The van der Waals surface area contributed by atoms with E-state index in [1.54, 1.807) is 6.08 Å². The van der Waals surface area contributed by atoms with Gasteiger partial charge in [-0.1, -0.05) is 19.2 Å². The van der Waals surface area contributed by atoms with Gasteiger partial charge in [0.1, 0.15) is 0 Å². The molecule has 0 aliphatic rings. The summed E-state index contributed by atoms with van der Waals surface area (Å²) in [4.78, 5) is 12.9. The molecule has 14 heavy (non-hydrogen) atoms. The van der Waals surface area contributed by atoms with Gasteiger partial charge in [-0.2, -0.15) is 0 Å². The lowest BCUT2D eigenvalue weighted by Gasteiger charge is -2.21. The van der Waals surface area contributed by atoms with E-state index in [0.29, 0.717) is 5.57 Å². The second-order valence-corrected chi connectivity index (χ2v) is 2.83. The van der Waals surface area contributed by atoms with Crippen LogP contribution < -0.4 is 5.73 Å². The molecule has 78 valence electrons. The smallest absolute Gasteiger partial charge is 0.248 e. The molecule has 0 aromatic heterocycles. The van der Waals surface area contributed by atoms with Crippen LogP contribution in [0, 0.1) is 0 Å². The molecule has 0 aliphatic heterocycles. The third-order valence-electron chi connectivity index (χ3n) is 2.00. The number of amides is 1. The molecule has 0 aliphatic carbocycles. The lowest BCUT2D eigenvalue weighted by atomic mass is 10.2. The van der Waals surface area contributed by atoms with E-state index in [9.17, 15) is 4.79 Å². The molecule has 2 N–H and O–H groups in total. The first-order chi connectivity index (χ1) is 6.56. The maximum absolute atomic E-state index is 10.9. The maximum atomic E-state index is 10.9. The average Bonchev–Trinajstić information content (AvgIpc) is 2.15. The highest BCUT2D eigenvalue weighted by atomic mass is 16.1. The summed E-state index contributed by atoms with van der Waals surface area (Å²) in [5.74, 6) is -0.478. The molecular weight excluding hydrogens is 176 g/mol. The fraction of sp³-hybridized carbons (Fsp3) is 0.364. The Morgan fingerprint density at radius 1 is 1.43 bits per heavy atom. The topological polar surface area (TPSA) is 46.3 Å². The molecule has 0 saturated heterocycles. The highest BCUT2D eigenvalue weighted by Crippen LogP contribution is 2.06. The van der Waals surface area contributed by atoms with Crippen molar-refractivity contribution in [3.05, 3.63) is 36.6 Å². The summed E-state index contributed by atoms with van der Waals surface area (Å²) in [7, 11) is 0. The molecule has 3 nitrogen and oxygen atoms in total. The van der Waals surface area contributed by atoms with Crippen molar-refractivity contribution in [3.63, 3.8) is 0 Å². The van der Waals surface area contributed by atoms with Gasteiger partial charge in [-0.25, -0.2) is 0 Å². The number of nitrogens with zero attached hydrogens (tertiary/aromatic N) is 1. The minimum absolute atomic E-state index is 0.391. The Bertz CT molecular complexity index is 262. The van der Waals surface area contributed by atoms with E-state index in [4.69, 9.17) is 5.73 Å². The Kier molecular flexibility index (Phi) is 5.37. The van der Waals surface area contributed by atoms with Gasteiger partial charge in [-0.15, -0.1) is 0 Å². The fourth-order valence-electron chi connectivity index (χ4n) is 1.13. The number of nitrogens with two attached hydrogens (primary N) is 1. The highest BCUT2D eigenvalue weighted by Gasteiger charge is 2.04. The Hall–Kier alpha value is -1.51. The van der Waals surface area contributed by atoms with Crippen LogP contribution in [0.15, 0.2) is 36.6 Å². The molecule has 0 unspecified atom stereocenters. The number of likely N-dealkylation sites (N-methyl/N-ethyl adjacent to an activating group) is 1. The standard InChI is InChI=1S/C11H18N2O/c1-5-10(11(12)14)8-9(4)13(6-2)7-3/h5,8H,1,4,6-7H2,2-3H3,(H2,12,14)/b10-8+. The first-order valence-electron chi connectivity index (χ1n) is 4.64. The van der Waals surface area contributed by atoms with E-state index in [1.807, 2.05) is 18.7 Å². The number of carbonyl (C=O) groups is 1. The van der Waals surface area contributed by atoms with Crippen molar-refractivity contribution in [1.82, 2.24) is 4.90 Å². The molecule has 0 heterocycles. The van der Waals surface area contributed by atoms with Crippen molar-refractivity contribution in [2.45, 2.75) is 13.8 Å². The fourth-order valence-corrected chi connectivity index (χ4v) is 1.13. The maximum Gasteiger partial charge on any atom is 0.248 e. The molecule has 0 aromatic rings. The van der Waals surface area contributed by atoms with Crippen LogP contribution in [0.1, 0.15) is 13.8 Å². The van der Waals surface area contributed by atoms with Gasteiger partial charge in [-0.05, 0) is 19.9 Å². The van der Waals surface area contributed by atoms with E-state index in [1.165, 1.54) is 6.08 Å². The Morgan fingerprint density at radius 2 is 1.93 bits per heavy atom. The third-order valence-corrected chi connectivity index (χ3v) is 2.00. The monoisotopic (exact) mass is 194 g/mol. The molecule has 1 amide bonds. The van der Waals surface area contributed by atoms with Crippen LogP contribution in [0.3, 0.4) is 0 Å². The zero-order chi connectivity index (χ0) is 11.1. The summed E-state index contributed by atoms with van der Waals surface area (Å²) in [6.45, 7) is 13.1. The van der Waals surface area contributed by atoms with Gasteiger partial charge in [0.25, 0.3) is 0 Å². The molecule has 0 atom stereocenters. The molecule has 0 saturated carbocycles. The highest BCUT2D eigenvalue weighted by molar-refractivity contribution is 5.95. The van der Waals surface area contributed by atoms with E-state index in [2.05, 4.69) is 13.2 Å². The first-order valence-corrected chi connectivity index (χ1v) is 4.64. The summed E-state index contributed by atoms with van der Waals surface area (Å²) in [5, 5.41) is 0. The largest absolute Gasteiger partial charge is 0.373 e.